The number of Topliss-reactive ketones (excluding diaryl/α,β-unsaturated/α-hetero) is 1. The highest BCUT2D eigenvalue weighted by atomic mass is 16.7. The molecule has 0 aromatic carbocycles. The van der Waals surface area contributed by atoms with Crippen LogP contribution >= 0.6 is 0 Å². The minimum Gasteiger partial charge on any atom is -0.458 e. The summed E-state index contributed by atoms with van der Waals surface area (Å²) in [6.07, 6.45) is -1.56. The summed E-state index contributed by atoms with van der Waals surface area (Å²) in [6.45, 7) is 5.78. The standard InChI is InChI=1S/C36H54O13/c1-18-30(49-31-29(41)28(40)27(39)23(16-37)48-31)22(44-4)14-26(46-18)47-20-5-9-34(3)24-7-8-33(2)21(19-13-25(38)45-17-19)6-10-35(24,32(33)42)11-12-36(34,43)15-20/h13,18,20-24,26-31,37,39-41,43H,5-12,14-17H2,1-4H3/t18-,20-,21-,22-,23+,24-,26+,27+,28-,29+,30-,31-,33+,34+,35-,36-/m1/s1. The van der Waals surface area contributed by atoms with Crippen LogP contribution in [0.3, 0.4) is 0 Å². The van der Waals surface area contributed by atoms with Gasteiger partial charge < -0.3 is 54.0 Å². The number of carbonyl (C=O) groups is 2. The minimum absolute atomic E-state index is 0.0202. The van der Waals surface area contributed by atoms with E-state index in [0.717, 1.165) is 37.7 Å². The molecule has 7 rings (SSSR count). The van der Waals surface area contributed by atoms with Crippen molar-refractivity contribution in [2.24, 2.45) is 28.1 Å². The highest BCUT2D eigenvalue weighted by Gasteiger charge is 2.71. The van der Waals surface area contributed by atoms with Gasteiger partial charge in [-0.05, 0) is 75.7 Å². The molecule has 4 aliphatic carbocycles. The smallest absolute Gasteiger partial charge is 0.331 e. The van der Waals surface area contributed by atoms with E-state index in [0.29, 0.717) is 37.9 Å². The monoisotopic (exact) mass is 694 g/mol. The Balaban J connectivity index is 1.00. The number of carbonyl (C=O) groups excluding carboxylic acids is 2. The number of methoxy groups -OCH3 is 1. The Hall–Kier alpha value is -1.52. The van der Waals surface area contributed by atoms with E-state index in [4.69, 9.17) is 28.4 Å². The lowest BCUT2D eigenvalue weighted by Crippen LogP contribution is -2.69. The number of rotatable bonds is 7. The Kier molecular flexibility index (Phi) is 9.41. The van der Waals surface area contributed by atoms with Crippen LogP contribution in [0.1, 0.15) is 85.0 Å². The second-order valence-corrected chi connectivity index (χ2v) is 16.4. The molecule has 5 N–H and O–H groups in total. The quantitative estimate of drug-likeness (QED) is 0.190. The van der Waals surface area contributed by atoms with Crippen molar-refractivity contribution in [3.05, 3.63) is 11.6 Å². The van der Waals surface area contributed by atoms with Crippen LogP contribution in [0, 0.1) is 28.1 Å². The van der Waals surface area contributed by atoms with Crippen molar-refractivity contribution in [1.29, 1.82) is 0 Å². The van der Waals surface area contributed by atoms with E-state index in [1.54, 1.807) is 13.0 Å². The van der Waals surface area contributed by atoms with Crippen LogP contribution in [0.4, 0.5) is 0 Å². The number of esters is 1. The third-order valence-corrected chi connectivity index (χ3v) is 14.1. The summed E-state index contributed by atoms with van der Waals surface area (Å²) in [5.74, 6) is 0.0824. The number of ketones is 1. The van der Waals surface area contributed by atoms with E-state index in [1.165, 1.54) is 7.11 Å². The topological polar surface area (TPSA) is 191 Å². The number of hydrogen-bond acceptors (Lipinski definition) is 13. The maximum absolute atomic E-state index is 14.6. The van der Waals surface area contributed by atoms with Gasteiger partial charge in [0, 0.05) is 42.3 Å². The van der Waals surface area contributed by atoms with Crippen LogP contribution in [0.5, 0.6) is 0 Å². The third kappa shape index (κ3) is 5.57. The van der Waals surface area contributed by atoms with Gasteiger partial charge in [-0.3, -0.25) is 4.79 Å². The first kappa shape index (κ1) is 35.9. The molecule has 0 aromatic rings. The Morgan fingerprint density at radius 2 is 1.71 bits per heavy atom. The molecule has 4 saturated carbocycles. The summed E-state index contributed by atoms with van der Waals surface area (Å²) in [5.41, 5.74) is -1.49. The van der Waals surface area contributed by atoms with Crippen LogP contribution in [-0.2, 0) is 38.0 Å². The summed E-state index contributed by atoms with van der Waals surface area (Å²) in [5, 5.41) is 52.9. The fourth-order valence-corrected chi connectivity index (χ4v) is 11.3. The molecular formula is C36H54O13. The Morgan fingerprint density at radius 1 is 0.939 bits per heavy atom. The summed E-state index contributed by atoms with van der Waals surface area (Å²) in [7, 11) is 1.54. The van der Waals surface area contributed by atoms with Crippen molar-refractivity contribution < 1.29 is 63.5 Å². The van der Waals surface area contributed by atoms with Gasteiger partial charge >= 0.3 is 5.97 Å². The van der Waals surface area contributed by atoms with E-state index >= 15 is 0 Å². The molecule has 0 unspecified atom stereocenters. The molecule has 3 heterocycles. The predicted molar refractivity (Wildman–Crippen MR) is 169 cm³/mol. The molecular weight excluding hydrogens is 640 g/mol. The Bertz CT molecular complexity index is 1320. The number of cyclic esters (lactones) is 1. The second-order valence-electron chi connectivity index (χ2n) is 16.4. The molecule has 7 aliphatic rings. The molecule has 13 heteroatoms. The summed E-state index contributed by atoms with van der Waals surface area (Å²) in [6, 6.07) is 0. The highest BCUT2D eigenvalue weighted by Crippen LogP contribution is 2.71. The van der Waals surface area contributed by atoms with Crippen LogP contribution in [-0.4, -0.2) is 125 Å². The number of hydrogen-bond donors (Lipinski definition) is 5. The maximum Gasteiger partial charge on any atom is 0.331 e. The van der Waals surface area contributed by atoms with E-state index in [2.05, 4.69) is 13.8 Å². The molecule has 1 spiro atoms. The molecule has 0 aromatic heterocycles. The van der Waals surface area contributed by atoms with E-state index in [1.807, 2.05) is 0 Å². The van der Waals surface area contributed by atoms with Gasteiger partial charge in [-0.25, -0.2) is 4.79 Å². The van der Waals surface area contributed by atoms with Gasteiger partial charge in [-0.15, -0.1) is 0 Å². The first-order chi connectivity index (χ1) is 23.2. The molecule has 13 nitrogen and oxygen atoms in total. The first-order valence-electron chi connectivity index (χ1n) is 18.1. The van der Waals surface area contributed by atoms with Crippen LogP contribution in [0.25, 0.3) is 0 Å². The number of aliphatic hydroxyl groups excluding tert-OH is 4. The van der Waals surface area contributed by atoms with Gasteiger partial charge in [0.1, 0.15) is 42.9 Å². The number of fused-ring (bicyclic) bond motifs is 3. The molecule has 3 aliphatic heterocycles. The zero-order valence-electron chi connectivity index (χ0n) is 29.0. The van der Waals surface area contributed by atoms with Crippen molar-refractivity contribution in [3.63, 3.8) is 0 Å². The lowest BCUT2D eigenvalue weighted by Gasteiger charge is -2.68. The zero-order chi connectivity index (χ0) is 35.1. The fourth-order valence-electron chi connectivity index (χ4n) is 11.3. The van der Waals surface area contributed by atoms with Gasteiger partial charge in [0.05, 0.1) is 30.5 Å². The number of aliphatic hydroxyl groups is 5. The SMILES string of the molecule is CO[C@@H]1C[C@H](O[C@@H]2CC[C@@]3(C)[C@H]4CC[C@]5(C)C(=O)[C@]4(CC[C@@H]5C4=CC(=O)OC4)CC[C@@]3(O)C2)O[C@H](C)[C@H]1O[C@H]1O[C@@H](CO)[C@H](O)[C@@H](O)[C@@H]1O. The normalized spacial score (nSPS) is 53.0. The average Bonchev–Trinajstić information content (AvgIpc) is 3.49. The van der Waals surface area contributed by atoms with Crippen molar-refractivity contribution in [3.8, 4) is 0 Å². The molecule has 276 valence electrons. The van der Waals surface area contributed by atoms with Crippen LogP contribution in [0.2, 0.25) is 0 Å². The third-order valence-electron chi connectivity index (χ3n) is 14.1. The maximum atomic E-state index is 14.6. The predicted octanol–water partition coefficient (Wildman–Crippen LogP) is 1.29. The van der Waals surface area contributed by atoms with Gasteiger partial charge in [-0.1, -0.05) is 13.8 Å². The summed E-state index contributed by atoms with van der Waals surface area (Å²) in [4.78, 5) is 26.4. The minimum atomic E-state index is -1.56. The molecule has 49 heavy (non-hydrogen) atoms. The van der Waals surface area contributed by atoms with Crippen molar-refractivity contribution in [2.45, 2.75) is 152 Å². The molecule has 0 radical (unpaired) electrons. The first-order valence-corrected chi connectivity index (χ1v) is 18.1. The summed E-state index contributed by atoms with van der Waals surface area (Å²) < 4.78 is 35.4. The van der Waals surface area contributed by atoms with Gasteiger partial charge in [0.25, 0.3) is 0 Å². The highest BCUT2D eigenvalue weighted by molar-refractivity contribution is 5.94. The van der Waals surface area contributed by atoms with E-state index in [9.17, 15) is 35.1 Å². The second kappa shape index (κ2) is 12.9. The van der Waals surface area contributed by atoms with Crippen molar-refractivity contribution >= 4 is 11.8 Å². The van der Waals surface area contributed by atoms with Gasteiger partial charge in [0.2, 0.25) is 0 Å². The molecule has 2 saturated heterocycles. The van der Waals surface area contributed by atoms with Crippen molar-refractivity contribution in [2.75, 3.05) is 20.3 Å². The van der Waals surface area contributed by atoms with Gasteiger partial charge in [-0.2, -0.15) is 0 Å². The average molecular weight is 695 g/mol. The molecule has 0 amide bonds. The molecule has 16 atom stereocenters. The fraction of sp³-hybridized carbons (Fsp3) is 0.889. The lowest BCUT2D eigenvalue weighted by atomic mass is 9.36. The van der Waals surface area contributed by atoms with E-state index < -0.39 is 83.8 Å². The van der Waals surface area contributed by atoms with Crippen molar-refractivity contribution in [1.82, 2.24) is 0 Å². The molecule has 2 bridgehead atoms. The lowest BCUT2D eigenvalue weighted by molar-refractivity contribution is -0.347. The largest absolute Gasteiger partial charge is 0.458 e. The van der Waals surface area contributed by atoms with E-state index in [-0.39, 0.29) is 30.5 Å². The molecule has 6 fully saturated rings. The van der Waals surface area contributed by atoms with Crippen LogP contribution in [0.15, 0.2) is 11.6 Å². The van der Waals surface area contributed by atoms with Gasteiger partial charge in [0.15, 0.2) is 12.6 Å². The van der Waals surface area contributed by atoms with Crippen LogP contribution < -0.4 is 0 Å². The zero-order valence-corrected chi connectivity index (χ0v) is 29.0. The number of ether oxygens (including phenoxy) is 6. The Labute approximate surface area is 287 Å². The Morgan fingerprint density at radius 3 is 2.41 bits per heavy atom. The summed E-state index contributed by atoms with van der Waals surface area (Å²) >= 11 is 0.